The predicted octanol–water partition coefficient (Wildman–Crippen LogP) is 2.34. The predicted molar refractivity (Wildman–Crippen MR) is 99.7 cm³/mol. The number of anilines is 2. The van der Waals surface area contributed by atoms with Crippen LogP contribution < -0.4 is 10.6 Å². The molecule has 3 N–H and O–H groups in total. The summed E-state index contributed by atoms with van der Waals surface area (Å²) in [6.45, 7) is 2.06. The van der Waals surface area contributed by atoms with E-state index in [1.165, 1.54) is 0 Å². The molecule has 0 unspecified atom stereocenters. The molecule has 0 aliphatic carbocycles. The molecule has 7 nitrogen and oxygen atoms in total. The van der Waals surface area contributed by atoms with E-state index in [4.69, 9.17) is 5.26 Å². The SMILES string of the molecule is C[C@@H](O)CNc1nc2ccccc2n1CC(=O)Nc1cccc(C#N)c1. The Kier molecular flexibility index (Phi) is 5.15. The summed E-state index contributed by atoms with van der Waals surface area (Å²) in [6, 6.07) is 16.3. The van der Waals surface area contributed by atoms with Crippen LogP contribution in [-0.4, -0.2) is 33.2 Å². The van der Waals surface area contributed by atoms with Gasteiger partial charge in [-0.15, -0.1) is 0 Å². The van der Waals surface area contributed by atoms with Gasteiger partial charge in [0.2, 0.25) is 11.9 Å². The number of hydrogen-bond acceptors (Lipinski definition) is 5. The van der Waals surface area contributed by atoms with Crippen molar-refractivity contribution in [1.29, 1.82) is 5.26 Å². The Morgan fingerprint density at radius 2 is 2.12 bits per heavy atom. The number of nitrogens with zero attached hydrogens (tertiary/aromatic N) is 3. The van der Waals surface area contributed by atoms with Crippen LogP contribution >= 0.6 is 0 Å². The van der Waals surface area contributed by atoms with Gasteiger partial charge in [-0.2, -0.15) is 5.26 Å². The zero-order chi connectivity index (χ0) is 18.5. The maximum Gasteiger partial charge on any atom is 0.244 e. The van der Waals surface area contributed by atoms with Crippen LogP contribution in [0.1, 0.15) is 12.5 Å². The van der Waals surface area contributed by atoms with Crippen LogP contribution in [0.5, 0.6) is 0 Å². The first kappa shape index (κ1) is 17.5. The quantitative estimate of drug-likeness (QED) is 0.634. The number of nitrogens with one attached hydrogen (secondary N) is 2. The first-order valence-corrected chi connectivity index (χ1v) is 8.24. The molecule has 132 valence electrons. The van der Waals surface area contributed by atoms with Gasteiger partial charge in [-0.05, 0) is 37.3 Å². The highest BCUT2D eigenvalue weighted by molar-refractivity contribution is 5.92. The number of para-hydroxylation sites is 2. The minimum Gasteiger partial charge on any atom is -0.392 e. The number of aliphatic hydroxyl groups is 1. The third kappa shape index (κ3) is 3.99. The molecule has 3 aromatic rings. The van der Waals surface area contributed by atoms with Crippen LogP contribution in [0.15, 0.2) is 48.5 Å². The number of aliphatic hydroxyl groups excluding tert-OH is 1. The van der Waals surface area contributed by atoms with Gasteiger partial charge in [0.05, 0.1) is 28.8 Å². The molecule has 1 atom stereocenters. The van der Waals surface area contributed by atoms with E-state index in [1.54, 1.807) is 35.8 Å². The van der Waals surface area contributed by atoms with Crippen LogP contribution in [0.3, 0.4) is 0 Å². The number of carbonyl (C=O) groups is 1. The molecule has 26 heavy (non-hydrogen) atoms. The van der Waals surface area contributed by atoms with Crippen LogP contribution in [-0.2, 0) is 11.3 Å². The van der Waals surface area contributed by atoms with E-state index < -0.39 is 6.10 Å². The van der Waals surface area contributed by atoms with E-state index in [-0.39, 0.29) is 12.5 Å². The molecule has 0 aliphatic heterocycles. The second-order valence-corrected chi connectivity index (χ2v) is 5.98. The molecule has 3 rings (SSSR count). The molecule has 7 heteroatoms. The maximum absolute atomic E-state index is 12.5. The van der Waals surface area contributed by atoms with Crippen molar-refractivity contribution in [2.75, 3.05) is 17.2 Å². The largest absolute Gasteiger partial charge is 0.392 e. The number of carbonyl (C=O) groups excluding carboxylic acids is 1. The first-order chi connectivity index (χ1) is 12.6. The topological polar surface area (TPSA) is 103 Å². The smallest absolute Gasteiger partial charge is 0.244 e. The van der Waals surface area contributed by atoms with Gasteiger partial charge in [0.1, 0.15) is 6.54 Å². The fourth-order valence-corrected chi connectivity index (χ4v) is 2.62. The normalized spacial score (nSPS) is 11.7. The summed E-state index contributed by atoms with van der Waals surface area (Å²) in [6.07, 6.45) is -0.536. The molecule has 1 amide bonds. The van der Waals surface area contributed by atoms with Crippen LogP contribution in [0, 0.1) is 11.3 Å². The van der Waals surface area contributed by atoms with Crippen molar-refractivity contribution in [2.45, 2.75) is 19.6 Å². The summed E-state index contributed by atoms with van der Waals surface area (Å²) < 4.78 is 1.77. The number of hydrogen-bond donors (Lipinski definition) is 3. The van der Waals surface area contributed by atoms with E-state index in [0.717, 1.165) is 11.0 Å². The van der Waals surface area contributed by atoms with E-state index in [2.05, 4.69) is 15.6 Å². The number of benzene rings is 2. The number of amides is 1. The summed E-state index contributed by atoms with van der Waals surface area (Å²) in [7, 11) is 0. The third-order valence-corrected chi connectivity index (χ3v) is 3.79. The molecule has 0 spiro atoms. The van der Waals surface area contributed by atoms with Crippen molar-refractivity contribution in [3.05, 3.63) is 54.1 Å². The molecular formula is C19H19N5O2. The van der Waals surface area contributed by atoms with Crippen molar-refractivity contribution in [1.82, 2.24) is 9.55 Å². The Labute approximate surface area is 150 Å². The van der Waals surface area contributed by atoms with E-state index >= 15 is 0 Å². The summed E-state index contributed by atoms with van der Waals surface area (Å²) in [5.74, 6) is 0.288. The number of aromatic nitrogens is 2. The second kappa shape index (κ2) is 7.68. The van der Waals surface area contributed by atoms with E-state index in [9.17, 15) is 9.90 Å². The summed E-state index contributed by atoms with van der Waals surface area (Å²) in [4.78, 5) is 17.0. The van der Waals surface area contributed by atoms with Gasteiger partial charge < -0.3 is 20.3 Å². The van der Waals surface area contributed by atoms with Crippen molar-refractivity contribution >= 4 is 28.6 Å². The molecule has 1 heterocycles. The minimum absolute atomic E-state index is 0.0550. The molecule has 1 aromatic heterocycles. The monoisotopic (exact) mass is 349 g/mol. The molecule has 0 fully saturated rings. The highest BCUT2D eigenvalue weighted by atomic mass is 16.3. The summed E-state index contributed by atoms with van der Waals surface area (Å²) in [5.41, 5.74) is 2.63. The fraction of sp³-hybridized carbons (Fsp3) is 0.211. The zero-order valence-electron chi connectivity index (χ0n) is 14.3. The van der Waals surface area contributed by atoms with Gasteiger partial charge in [-0.25, -0.2) is 4.98 Å². The third-order valence-electron chi connectivity index (χ3n) is 3.79. The number of nitriles is 1. The van der Waals surface area contributed by atoms with E-state index in [0.29, 0.717) is 23.7 Å². The summed E-state index contributed by atoms with van der Waals surface area (Å²) in [5, 5.41) is 24.3. The van der Waals surface area contributed by atoms with Crippen molar-refractivity contribution in [3.63, 3.8) is 0 Å². The molecule has 2 aromatic carbocycles. The van der Waals surface area contributed by atoms with Gasteiger partial charge in [0, 0.05) is 12.2 Å². The standard InChI is InChI=1S/C19H19N5O2/c1-13(25)11-21-19-23-16-7-2-3-8-17(16)24(19)12-18(26)22-15-6-4-5-14(9-15)10-20/h2-9,13,25H,11-12H2,1H3,(H,21,23)(H,22,26)/t13-/m1/s1. The Bertz CT molecular complexity index is 971. The maximum atomic E-state index is 12.5. The van der Waals surface area contributed by atoms with Gasteiger partial charge in [0.25, 0.3) is 0 Å². The highest BCUT2D eigenvalue weighted by Gasteiger charge is 2.14. The van der Waals surface area contributed by atoms with Gasteiger partial charge >= 0.3 is 0 Å². The molecule has 0 aliphatic rings. The Morgan fingerprint density at radius 3 is 2.88 bits per heavy atom. The van der Waals surface area contributed by atoms with Crippen molar-refractivity contribution in [2.24, 2.45) is 0 Å². The lowest BCUT2D eigenvalue weighted by Crippen LogP contribution is -2.22. The summed E-state index contributed by atoms with van der Waals surface area (Å²) >= 11 is 0. The van der Waals surface area contributed by atoms with Gasteiger partial charge in [0.15, 0.2) is 0 Å². The molecule has 0 saturated carbocycles. The van der Waals surface area contributed by atoms with Crippen molar-refractivity contribution < 1.29 is 9.90 Å². The fourth-order valence-electron chi connectivity index (χ4n) is 2.62. The Morgan fingerprint density at radius 1 is 1.31 bits per heavy atom. The lowest BCUT2D eigenvalue weighted by atomic mass is 10.2. The highest BCUT2D eigenvalue weighted by Crippen LogP contribution is 2.20. The second-order valence-electron chi connectivity index (χ2n) is 5.98. The Hall–Kier alpha value is -3.37. The number of fused-ring (bicyclic) bond motifs is 1. The van der Waals surface area contributed by atoms with E-state index in [1.807, 2.05) is 30.3 Å². The number of imidazole rings is 1. The molecular weight excluding hydrogens is 330 g/mol. The van der Waals surface area contributed by atoms with Crippen LogP contribution in [0.25, 0.3) is 11.0 Å². The average molecular weight is 349 g/mol. The number of rotatable bonds is 6. The Balaban J connectivity index is 1.83. The minimum atomic E-state index is -0.536. The van der Waals surface area contributed by atoms with Crippen LogP contribution in [0.4, 0.5) is 11.6 Å². The lowest BCUT2D eigenvalue weighted by Gasteiger charge is -2.12. The van der Waals surface area contributed by atoms with Gasteiger partial charge in [-0.1, -0.05) is 18.2 Å². The van der Waals surface area contributed by atoms with Crippen LogP contribution in [0.2, 0.25) is 0 Å². The average Bonchev–Trinajstić information content (AvgIpc) is 2.97. The zero-order valence-corrected chi connectivity index (χ0v) is 14.3. The van der Waals surface area contributed by atoms with Crippen molar-refractivity contribution in [3.8, 4) is 6.07 Å². The molecule has 0 radical (unpaired) electrons. The lowest BCUT2D eigenvalue weighted by molar-refractivity contribution is -0.116. The van der Waals surface area contributed by atoms with Gasteiger partial charge in [-0.3, -0.25) is 4.79 Å². The first-order valence-electron chi connectivity index (χ1n) is 8.24. The molecule has 0 saturated heterocycles. The molecule has 0 bridgehead atoms.